The van der Waals surface area contributed by atoms with E-state index in [1.807, 2.05) is 24.3 Å². The first-order valence-electron chi connectivity index (χ1n) is 4.95. The lowest BCUT2D eigenvalue weighted by atomic mass is 10.2. The van der Waals surface area contributed by atoms with E-state index in [-0.39, 0.29) is 5.91 Å². The second kappa shape index (κ2) is 6.12. The van der Waals surface area contributed by atoms with Gasteiger partial charge in [0, 0.05) is 14.2 Å². The van der Waals surface area contributed by atoms with Gasteiger partial charge in [-0.2, -0.15) is 0 Å². The van der Waals surface area contributed by atoms with Crippen LogP contribution in [-0.4, -0.2) is 10.9 Å². The summed E-state index contributed by atoms with van der Waals surface area (Å²) in [5, 5.41) is 2.76. The summed E-state index contributed by atoms with van der Waals surface area (Å²) in [6.07, 6.45) is 1.63. The van der Waals surface area contributed by atoms with E-state index < -0.39 is 0 Å². The molecule has 18 heavy (non-hydrogen) atoms. The minimum Gasteiger partial charge on any atom is -0.306 e. The molecule has 0 unspecified atom stereocenters. The van der Waals surface area contributed by atoms with Crippen LogP contribution in [0.15, 0.2) is 45.5 Å². The number of halogens is 3. The van der Waals surface area contributed by atoms with E-state index in [9.17, 15) is 4.79 Å². The van der Waals surface area contributed by atoms with Crippen molar-refractivity contribution in [3.63, 3.8) is 0 Å². The highest BCUT2D eigenvalue weighted by molar-refractivity contribution is 14.1. The number of pyridine rings is 1. The number of aromatic nitrogens is 1. The Bertz CT molecular complexity index is 604. The third kappa shape index (κ3) is 3.30. The largest absolute Gasteiger partial charge is 0.306 e. The Labute approximate surface area is 135 Å². The van der Waals surface area contributed by atoms with Crippen molar-refractivity contribution in [2.45, 2.75) is 0 Å². The molecule has 92 valence electrons. The lowest BCUT2D eigenvalue weighted by Gasteiger charge is -2.07. The van der Waals surface area contributed by atoms with Gasteiger partial charge in [-0.05, 0) is 84.8 Å². The number of amides is 1. The molecule has 0 aliphatic rings. The maximum atomic E-state index is 12.1. The molecule has 0 saturated carbocycles. The van der Waals surface area contributed by atoms with E-state index in [1.54, 1.807) is 12.3 Å². The molecule has 1 amide bonds. The topological polar surface area (TPSA) is 42.0 Å². The predicted molar refractivity (Wildman–Crippen MR) is 86.7 cm³/mol. The zero-order valence-electron chi connectivity index (χ0n) is 8.95. The van der Waals surface area contributed by atoms with Gasteiger partial charge >= 0.3 is 0 Å². The Morgan fingerprint density at radius 1 is 1.22 bits per heavy atom. The van der Waals surface area contributed by atoms with Crippen molar-refractivity contribution in [1.29, 1.82) is 0 Å². The van der Waals surface area contributed by atoms with Crippen LogP contribution >= 0.6 is 54.5 Å². The van der Waals surface area contributed by atoms with Crippen LogP contribution in [0.4, 0.5) is 5.82 Å². The van der Waals surface area contributed by atoms with Gasteiger partial charge in [0.2, 0.25) is 0 Å². The van der Waals surface area contributed by atoms with Gasteiger partial charge in [-0.15, -0.1) is 0 Å². The third-order valence-corrected chi connectivity index (χ3v) is 4.17. The fourth-order valence-corrected chi connectivity index (χ4v) is 2.60. The third-order valence-electron chi connectivity index (χ3n) is 2.16. The lowest BCUT2D eigenvalue weighted by Crippen LogP contribution is -2.14. The fraction of sp³-hybridized carbons (Fsp3) is 0. The monoisotopic (exact) mass is 480 g/mol. The van der Waals surface area contributed by atoms with Crippen molar-refractivity contribution < 1.29 is 4.79 Å². The lowest BCUT2D eigenvalue weighted by molar-refractivity contribution is 0.102. The highest BCUT2D eigenvalue weighted by atomic mass is 127. The quantitative estimate of drug-likeness (QED) is 0.643. The van der Waals surface area contributed by atoms with Crippen LogP contribution in [0, 0.1) is 3.57 Å². The van der Waals surface area contributed by atoms with Crippen molar-refractivity contribution >= 4 is 66.2 Å². The average Bonchev–Trinajstić information content (AvgIpc) is 2.35. The molecule has 0 spiro atoms. The van der Waals surface area contributed by atoms with Crippen LogP contribution in [0.25, 0.3) is 0 Å². The zero-order chi connectivity index (χ0) is 13.1. The summed E-state index contributed by atoms with van der Waals surface area (Å²) in [6.45, 7) is 0. The Kier molecular flexibility index (Phi) is 4.74. The van der Waals surface area contributed by atoms with Gasteiger partial charge < -0.3 is 5.32 Å². The highest BCUT2D eigenvalue weighted by Gasteiger charge is 2.12. The molecule has 6 heteroatoms. The smallest absolute Gasteiger partial charge is 0.258 e. The molecule has 3 nitrogen and oxygen atoms in total. The summed E-state index contributed by atoms with van der Waals surface area (Å²) in [4.78, 5) is 16.2. The van der Waals surface area contributed by atoms with E-state index in [2.05, 4.69) is 64.8 Å². The number of benzene rings is 1. The van der Waals surface area contributed by atoms with Gasteiger partial charge in [-0.3, -0.25) is 4.79 Å². The second-order valence-corrected chi connectivity index (χ2v) is 6.37. The number of carbonyl (C=O) groups excluding carboxylic acids is 1. The molecule has 0 fully saturated rings. The number of hydrogen-bond acceptors (Lipinski definition) is 2. The molecule has 1 aromatic heterocycles. The molecule has 0 bridgehead atoms. The molecular weight excluding hydrogens is 475 g/mol. The van der Waals surface area contributed by atoms with Gasteiger partial charge in [-0.25, -0.2) is 4.98 Å². The first-order chi connectivity index (χ1) is 8.58. The minimum absolute atomic E-state index is 0.195. The Morgan fingerprint density at radius 3 is 2.72 bits per heavy atom. The molecule has 0 aliphatic carbocycles. The number of anilines is 1. The van der Waals surface area contributed by atoms with Crippen LogP contribution in [0.3, 0.4) is 0 Å². The van der Waals surface area contributed by atoms with E-state index in [0.717, 1.165) is 12.5 Å². The molecule has 2 aromatic rings. The predicted octanol–water partition coefficient (Wildman–Crippen LogP) is 4.46. The van der Waals surface area contributed by atoms with Crippen LogP contribution in [0.5, 0.6) is 0 Å². The van der Waals surface area contributed by atoms with Crippen LogP contribution in [0.2, 0.25) is 0 Å². The zero-order valence-corrected chi connectivity index (χ0v) is 14.3. The van der Waals surface area contributed by atoms with Crippen molar-refractivity contribution in [1.82, 2.24) is 4.98 Å². The van der Waals surface area contributed by atoms with Crippen LogP contribution in [0.1, 0.15) is 10.4 Å². The molecule has 1 N–H and O–H groups in total. The number of hydrogen-bond donors (Lipinski definition) is 1. The Morgan fingerprint density at radius 2 is 2.00 bits per heavy atom. The number of rotatable bonds is 2. The molecular formula is C12H7Br2IN2O. The number of carbonyl (C=O) groups is 1. The first kappa shape index (κ1) is 14.0. The van der Waals surface area contributed by atoms with E-state index in [1.165, 1.54) is 0 Å². The van der Waals surface area contributed by atoms with Crippen molar-refractivity contribution in [2.24, 2.45) is 0 Å². The molecule has 1 aromatic carbocycles. The summed E-state index contributed by atoms with van der Waals surface area (Å²) >= 11 is 8.87. The summed E-state index contributed by atoms with van der Waals surface area (Å²) < 4.78 is 2.51. The standard InChI is InChI=1S/C12H7Br2IN2O/c13-9-4-3-7(15)6-8(9)12(18)17-11-10(14)2-1-5-16-11/h1-6H,(H,16,17,18). The Balaban J connectivity index is 2.28. The molecule has 0 radical (unpaired) electrons. The highest BCUT2D eigenvalue weighted by Crippen LogP contribution is 2.23. The van der Waals surface area contributed by atoms with Crippen molar-refractivity contribution in [2.75, 3.05) is 5.32 Å². The van der Waals surface area contributed by atoms with E-state index in [4.69, 9.17) is 0 Å². The van der Waals surface area contributed by atoms with E-state index >= 15 is 0 Å². The molecule has 1 heterocycles. The summed E-state index contributed by atoms with van der Waals surface area (Å²) in [5.41, 5.74) is 0.583. The Hall–Kier alpha value is -0.470. The van der Waals surface area contributed by atoms with Crippen LogP contribution in [-0.2, 0) is 0 Å². The maximum Gasteiger partial charge on any atom is 0.258 e. The van der Waals surface area contributed by atoms with Gasteiger partial charge in [0.1, 0.15) is 5.82 Å². The molecule has 0 saturated heterocycles. The van der Waals surface area contributed by atoms with Gasteiger partial charge in [0.25, 0.3) is 5.91 Å². The molecule has 0 aliphatic heterocycles. The number of nitrogens with one attached hydrogen (secondary N) is 1. The molecule has 0 atom stereocenters. The molecule has 2 rings (SSSR count). The minimum atomic E-state index is -0.195. The van der Waals surface area contributed by atoms with Crippen LogP contribution < -0.4 is 5.32 Å². The summed E-state index contributed by atoms with van der Waals surface area (Å²) in [6, 6.07) is 9.21. The van der Waals surface area contributed by atoms with E-state index in [0.29, 0.717) is 11.4 Å². The fourth-order valence-electron chi connectivity index (χ4n) is 1.32. The second-order valence-electron chi connectivity index (χ2n) is 3.41. The summed E-state index contributed by atoms with van der Waals surface area (Å²) in [7, 11) is 0. The number of nitrogens with zero attached hydrogens (tertiary/aromatic N) is 1. The SMILES string of the molecule is O=C(Nc1ncccc1Br)c1cc(I)ccc1Br. The van der Waals surface area contributed by atoms with Gasteiger partial charge in [0.05, 0.1) is 10.0 Å². The normalized spacial score (nSPS) is 10.2. The van der Waals surface area contributed by atoms with Gasteiger partial charge in [0.15, 0.2) is 0 Å². The van der Waals surface area contributed by atoms with Crippen molar-refractivity contribution in [3.05, 3.63) is 54.6 Å². The average molecular weight is 482 g/mol. The maximum absolute atomic E-state index is 12.1. The first-order valence-corrected chi connectivity index (χ1v) is 7.61. The summed E-state index contributed by atoms with van der Waals surface area (Å²) in [5.74, 6) is 0.313. The van der Waals surface area contributed by atoms with Crippen molar-refractivity contribution in [3.8, 4) is 0 Å². The van der Waals surface area contributed by atoms with Gasteiger partial charge in [-0.1, -0.05) is 0 Å².